The van der Waals surface area contributed by atoms with Crippen LogP contribution in [-0.2, 0) is 9.53 Å². The molecule has 0 amide bonds. The van der Waals surface area contributed by atoms with Crippen LogP contribution >= 0.6 is 0 Å². The van der Waals surface area contributed by atoms with Crippen LogP contribution in [0.3, 0.4) is 0 Å². The number of unbranched alkanes of at least 4 members (excludes halogenated alkanes) is 8. The van der Waals surface area contributed by atoms with Gasteiger partial charge in [-0.05, 0) is 86.1 Å². The highest BCUT2D eigenvalue weighted by Crippen LogP contribution is 2.47. The van der Waals surface area contributed by atoms with Crippen molar-refractivity contribution >= 4 is 5.97 Å². The van der Waals surface area contributed by atoms with Gasteiger partial charge in [-0.3, -0.25) is 0 Å². The lowest BCUT2D eigenvalue weighted by Crippen LogP contribution is -2.26. The van der Waals surface area contributed by atoms with E-state index in [2.05, 4.69) is 75.0 Å². The number of hydrogen-bond donors (Lipinski definition) is 0. The van der Waals surface area contributed by atoms with Crippen LogP contribution in [0, 0.1) is 16.7 Å². The van der Waals surface area contributed by atoms with E-state index in [0.29, 0.717) is 12.5 Å². The molecule has 0 spiro atoms. The number of nitrogens with zero attached hydrogens (tertiary/aromatic N) is 1. The van der Waals surface area contributed by atoms with E-state index in [9.17, 15) is 10.1 Å². The van der Waals surface area contributed by atoms with Gasteiger partial charge in [0.05, 0.1) is 24.2 Å². The highest BCUT2D eigenvalue weighted by molar-refractivity contribution is 5.81. The Bertz CT molecular complexity index is 1130. The Balaban J connectivity index is 1.47. The van der Waals surface area contributed by atoms with Crippen molar-refractivity contribution in [2.75, 3.05) is 6.61 Å². The number of benzene rings is 2. The van der Waals surface area contributed by atoms with Gasteiger partial charge in [0.1, 0.15) is 5.75 Å². The molecule has 4 heteroatoms. The van der Waals surface area contributed by atoms with Crippen molar-refractivity contribution in [2.24, 2.45) is 5.41 Å². The number of rotatable bonds is 21. The third kappa shape index (κ3) is 12.1. The maximum atomic E-state index is 11.1. The Morgan fingerprint density at radius 2 is 1.57 bits per heavy atom. The topological polar surface area (TPSA) is 59.3 Å². The first kappa shape index (κ1) is 35.4. The van der Waals surface area contributed by atoms with Gasteiger partial charge in [-0.1, -0.05) is 121 Å². The zero-order chi connectivity index (χ0) is 31.5. The Morgan fingerprint density at radius 3 is 2.25 bits per heavy atom. The van der Waals surface area contributed by atoms with E-state index in [1.165, 1.54) is 67.7 Å². The molecule has 1 saturated carbocycles. The van der Waals surface area contributed by atoms with Crippen molar-refractivity contribution in [3.63, 3.8) is 0 Å². The predicted octanol–water partition coefficient (Wildman–Crippen LogP) is 11.5. The summed E-state index contributed by atoms with van der Waals surface area (Å²) >= 11 is 0. The van der Waals surface area contributed by atoms with Crippen molar-refractivity contribution in [1.29, 1.82) is 5.26 Å². The molecule has 1 aliphatic carbocycles. The van der Waals surface area contributed by atoms with Crippen LogP contribution < -0.4 is 4.74 Å². The first-order chi connectivity index (χ1) is 21.5. The fourth-order valence-electron chi connectivity index (χ4n) is 6.78. The number of hydrogen-bond acceptors (Lipinski definition) is 4. The highest BCUT2D eigenvalue weighted by atomic mass is 16.5. The summed E-state index contributed by atoms with van der Waals surface area (Å²) in [6.45, 7) is 8.36. The Kier molecular flexibility index (Phi) is 16.2. The number of ether oxygens (including phenoxy) is 2. The third-order valence-corrected chi connectivity index (χ3v) is 9.41. The summed E-state index contributed by atoms with van der Waals surface area (Å²) in [5.41, 5.74) is 3.67. The van der Waals surface area contributed by atoms with Crippen LogP contribution in [0.1, 0.15) is 141 Å². The second kappa shape index (κ2) is 20.1. The van der Waals surface area contributed by atoms with Gasteiger partial charge in [-0.2, -0.15) is 5.26 Å². The predicted molar refractivity (Wildman–Crippen MR) is 183 cm³/mol. The maximum Gasteiger partial charge on any atom is 0.330 e. The Hall–Kier alpha value is -3.06. The van der Waals surface area contributed by atoms with Crippen molar-refractivity contribution in [3.05, 3.63) is 66.7 Å². The molecule has 0 aliphatic heterocycles. The van der Waals surface area contributed by atoms with Gasteiger partial charge < -0.3 is 9.47 Å². The van der Waals surface area contributed by atoms with Gasteiger partial charge in [0.15, 0.2) is 0 Å². The van der Waals surface area contributed by atoms with Crippen LogP contribution in [-0.4, -0.2) is 18.7 Å². The molecule has 0 radical (unpaired) electrons. The number of esters is 1. The van der Waals surface area contributed by atoms with E-state index < -0.39 is 0 Å². The molecule has 2 aromatic carbocycles. The van der Waals surface area contributed by atoms with Crippen LogP contribution in [0.15, 0.2) is 61.2 Å². The van der Waals surface area contributed by atoms with Crippen molar-refractivity contribution in [2.45, 2.75) is 141 Å². The number of carbonyl (C=O) groups is 1. The van der Waals surface area contributed by atoms with Crippen LogP contribution in [0.25, 0.3) is 11.1 Å². The standard InChI is InChI=1S/C40H57NO3/c1-4-7-8-9-11-14-28-40(32-41)29-16-18-36(31-40)35-22-20-33(21-23-35)34-24-26-38(27-25-34)44-37(17-5-2)19-13-10-12-15-30-43-39(42)6-3/h6,20-27,36-37H,3-5,7-19,28-31H2,1-2H3. The van der Waals surface area contributed by atoms with Gasteiger partial charge in [-0.25, -0.2) is 4.79 Å². The molecule has 1 aliphatic rings. The minimum absolute atomic E-state index is 0.139. The average molecular weight is 600 g/mol. The molecule has 2 aromatic rings. The Labute approximate surface area is 268 Å². The average Bonchev–Trinajstić information content (AvgIpc) is 3.06. The summed E-state index contributed by atoms with van der Waals surface area (Å²) in [5, 5.41) is 10.2. The van der Waals surface area contributed by atoms with Gasteiger partial charge in [0.25, 0.3) is 0 Å². The lowest BCUT2D eigenvalue weighted by molar-refractivity contribution is -0.137. The molecule has 0 N–H and O–H groups in total. The highest BCUT2D eigenvalue weighted by Gasteiger charge is 2.36. The van der Waals surface area contributed by atoms with Crippen LogP contribution in [0.2, 0.25) is 0 Å². The molecular weight excluding hydrogens is 542 g/mol. The molecule has 0 heterocycles. The first-order valence-corrected chi connectivity index (χ1v) is 17.6. The summed E-state index contributed by atoms with van der Waals surface area (Å²) in [5.74, 6) is 1.07. The van der Waals surface area contributed by atoms with Gasteiger partial charge >= 0.3 is 5.97 Å². The van der Waals surface area contributed by atoms with Gasteiger partial charge in [0, 0.05) is 6.08 Å². The monoisotopic (exact) mass is 599 g/mol. The third-order valence-electron chi connectivity index (χ3n) is 9.41. The van der Waals surface area contributed by atoms with E-state index in [1.54, 1.807) is 0 Å². The molecular formula is C40H57NO3. The van der Waals surface area contributed by atoms with Crippen molar-refractivity contribution in [3.8, 4) is 22.9 Å². The minimum atomic E-state index is -0.342. The fourth-order valence-corrected chi connectivity index (χ4v) is 6.78. The quantitative estimate of drug-likeness (QED) is 0.0813. The summed E-state index contributed by atoms with van der Waals surface area (Å²) < 4.78 is 11.4. The SMILES string of the molecule is C=CC(=O)OCCCCCCC(CCC)Oc1ccc(-c2ccc(C3CCCC(C#N)(CCCCCCCC)C3)cc2)cc1. The van der Waals surface area contributed by atoms with Crippen molar-refractivity contribution < 1.29 is 14.3 Å². The number of nitriles is 1. The molecule has 3 atom stereocenters. The van der Waals surface area contributed by atoms with E-state index in [-0.39, 0.29) is 17.5 Å². The van der Waals surface area contributed by atoms with E-state index >= 15 is 0 Å². The first-order valence-electron chi connectivity index (χ1n) is 17.6. The lowest BCUT2D eigenvalue weighted by atomic mass is 9.66. The normalized spacial score (nSPS) is 18.7. The lowest BCUT2D eigenvalue weighted by Gasteiger charge is -2.36. The summed E-state index contributed by atoms with van der Waals surface area (Å²) in [6.07, 6.45) is 22.0. The molecule has 240 valence electrons. The molecule has 1 fully saturated rings. The fraction of sp³-hybridized carbons (Fsp3) is 0.600. The smallest absolute Gasteiger partial charge is 0.330 e. The molecule has 0 saturated heterocycles. The summed E-state index contributed by atoms with van der Waals surface area (Å²) in [7, 11) is 0. The molecule has 3 unspecified atom stereocenters. The second-order valence-electron chi connectivity index (χ2n) is 13.0. The zero-order valence-electron chi connectivity index (χ0n) is 27.7. The van der Waals surface area contributed by atoms with Crippen LogP contribution in [0.4, 0.5) is 0 Å². The van der Waals surface area contributed by atoms with Gasteiger partial charge in [0.2, 0.25) is 0 Å². The number of carbonyl (C=O) groups excluding carboxylic acids is 1. The van der Waals surface area contributed by atoms with E-state index in [4.69, 9.17) is 9.47 Å². The largest absolute Gasteiger partial charge is 0.490 e. The second-order valence-corrected chi connectivity index (χ2v) is 13.0. The zero-order valence-corrected chi connectivity index (χ0v) is 27.7. The minimum Gasteiger partial charge on any atom is -0.490 e. The molecule has 0 aromatic heterocycles. The summed E-state index contributed by atoms with van der Waals surface area (Å²) in [6, 6.07) is 20.4. The van der Waals surface area contributed by atoms with Crippen molar-refractivity contribution in [1.82, 2.24) is 0 Å². The van der Waals surface area contributed by atoms with E-state index in [1.807, 2.05) is 0 Å². The van der Waals surface area contributed by atoms with Crippen LogP contribution in [0.5, 0.6) is 5.75 Å². The Morgan fingerprint density at radius 1 is 0.909 bits per heavy atom. The molecule has 3 rings (SSSR count). The molecule has 0 bridgehead atoms. The van der Waals surface area contributed by atoms with E-state index in [0.717, 1.165) is 76.4 Å². The summed E-state index contributed by atoms with van der Waals surface area (Å²) in [4.78, 5) is 11.1. The molecule has 4 nitrogen and oxygen atoms in total. The maximum absolute atomic E-state index is 11.1. The van der Waals surface area contributed by atoms with Gasteiger partial charge in [-0.15, -0.1) is 0 Å². The molecule has 44 heavy (non-hydrogen) atoms.